The quantitative estimate of drug-likeness (QED) is 0.843. The van der Waals surface area contributed by atoms with Crippen LogP contribution in [0.15, 0.2) is 18.7 Å². The van der Waals surface area contributed by atoms with Crippen molar-refractivity contribution in [1.29, 1.82) is 0 Å². The van der Waals surface area contributed by atoms with E-state index in [0.717, 1.165) is 19.6 Å². The van der Waals surface area contributed by atoms with Gasteiger partial charge in [-0.25, -0.2) is 4.98 Å². The number of hydrogen-bond donors (Lipinski definition) is 0. The highest BCUT2D eigenvalue weighted by molar-refractivity contribution is 6.28. The second-order valence-electron chi connectivity index (χ2n) is 5.47. The lowest BCUT2D eigenvalue weighted by Crippen LogP contribution is -2.29. The Bertz CT molecular complexity index is 601. The van der Waals surface area contributed by atoms with Crippen molar-refractivity contribution in [1.82, 2.24) is 29.4 Å². The predicted molar refractivity (Wildman–Crippen MR) is 80.8 cm³/mol. The molecule has 0 aliphatic carbocycles. The van der Waals surface area contributed by atoms with Crippen LogP contribution in [-0.4, -0.2) is 63.1 Å². The van der Waals surface area contributed by atoms with Crippen LogP contribution in [0, 0.1) is 5.92 Å². The molecule has 0 N–H and O–H groups in total. The molecule has 0 amide bonds. The highest BCUT2D eigenvalue weighted by atomic mass is 35.5. The Morgan fingerprint density at radius 2 is 2.24 bits per heavy atom. The van der Waals surface area contributed by atoms with Gasteiger partial charge in [0, 0.05) is 32.5 Å². The van der Waals surface area contributed by atoms with Crippen LogP contribution in [0.2, 0.25) is 5.28 Å². The topological polar surface area (TPSA) is 63.0 Å². The fraction of sp³-hybridized carbons (Fsp3) is 0.538. The van der Waals surface area contributed by atoms with Gasteiger partial charge < -0.3 is 9.80 Å². The van der Waals surface area contributed by atoms with Crippen LogP contribution in [-0.2, 0) is 0 Å². The zero-order valence-electron chi connectivity index (χ0n) is 12.1. The number of halogens is 1. The maximum atomic E-state index is 6.02. The maximum Gasteiger partial charge on any atom is 0.241 e. The highest BCUT2D eigenvalue weighted by Gasteiger charge is 2.22. The first kappa shape index (κ1) is 14.2. The summed E-state index contributed by atoms with van der Waals surface area (Å²) >= 11 is 6.02. The average molecular weight is 308 g/mol. The van der Waals surface area contributed by atoms with Gasteiger partial charge in [0.15, 0.2) is 0 Å². The first-order chi connectivity index (χ1) is 10.1. The SMILES string of the molecule is CN1CCC(CN(C)c2nc(Cl)nc(-n3ccnc3)n2)C1. The Labute approximate surface area is 128 Å². The molecule has 0 saturated carbocycles. The summed E-state index contributed by atoms with van der Waals surface area (Å²) in [5, 5.41) is 0.194. The van der Waals surface area contributed by atoms with E-state index in [1.807, 2.05) is 11.9 Å². The molecule has 1 aliphatic rings. The molecule has 3 heterocycles. The summed E-state index contributed by atoms with van der Waals surface area (Å²) in [5.41, 5.74) is 0. The minimum Gasteiger partial charge on any atom is -0.343 e. The van der Waals surface area contributed by atoms with Crippen molar-refractivity contribution in [2.75, 3.05) is 38.6 Å². The maximum absolute atomic E-state index is 6.02. The molecule has 112 valence electrons. The van der Waals surface area contributed by atoms with E-state index in [9.17, 15) is 0 Å². The molecule has 0 aromatic carbocycles. The van der Waals surface area contributed by atoms with Gasteiger partial charge in [-0.05, 0) is 37.5 Å². The van der Waals surface area contributed by atoms with Crippen molar-refractivity contribution in [3.8, 4) is 5.95 Å². The van der Waals surface area contributed by atoms with Crippen molar-refractivity contribution in [3.05, 3.63) is 24.0 Å². The van der Waals surface area contributed by atoms with Crippen LogP contribution in [0.4, 0.5) is 5.95 Å². The summed E-state index contributed by atoms with van der Waals surface area (Å²) < 4.78 is 1.72. The van der Waals surface area contributed by atoms with Crippen LogP contribution in [0.1, 0.15) is 6.42 Å². The molecule has 21 heavy (non-hydrogen) atoms. The van der Waals surface area contributed by atoms with Gasteiger partial charge in [-0.15, -0.1) is 0 Å². The number of rotatable bonds is 4. The van der Waals surface area contributed by atoms with E-state index in [1.54, 1.807) is 23.3 Å². The Morgan fingerprint density at radius 3 is 2.90 bits per heavy atom. The highest BCUT2D eigenvalue weighted by Crippen LogP contribution is 2.18. The Balaban J connectivity index is 1.78. The molecule has 0 bridgehead atoms. The molecule has 1 atom stereocenters. The largest absolute Gasteiger partial charge is 0.343 e. The van der Waals surface area contributed by atoms with E-state index in [1.165, 1.54) is 6.42 Å². The van der Waals surface area contributed by atoms with Gasteiger partial charge in [-0.1, -0.05) is 0 Å². The van der Waals surface area contributed by atoms with Gasteiger partial charge in [0.25, 0.3) is 0 Å². The molecule has 0 spiro atoms. The number of imidazole rings is 1. The number of likely N-dealkylation sites (tertiary alicyclic amines) is 1. The molecule has 7 nitrogen and oxygen atoms in total. The van der Waals surface area contributed by atoms with Crippen molar-refractivity contribution < 1.29 is 0 Å². The molecule has 8 heteroatoms. The summed E-state index contributed by atoms with van der Waals surface area (Å²) in [7, 11) is 4.14. The van der Waals surface area contributed by atoms with Crippen molar-refractivity contribution >= 4 is 17.5 Å². The summed E-state index contributed by atoms with van der Waals surface area (Å²) in [6.07, 6.45) is 6.30. The lowest BCUT2D eigenvalue weighted by atomic mass is 10.1. The third-order valence-electron chi connectivity index (χ3n) is 3.68. The second kappa shape index (κ2) is 5.95. The standard InChI is InChI=1S/C13H18ClN7/c1-19-5-3-10(7-19)8-20(2)12-16-11(14)17-13(18-12)21-6-4-15-9-21/h4,6,9-10H,3,5,7-8H2,1-2H3. The summed E-state index contributed by atoms with van der Waals surface area (Å²) in [6.45, 7) is 3.17. The lowest BCUT2D eigenvalue weighted by Gasteiger charge is -2.21. The monoisotopic (exact) mass is 307 g/mol. The van der Waals surface area contributed by atoms with E-state index < -0.39 is 0 Å². The van der Waals surface area contributed by atoms with Crippen molar-refractivity contribution in [2.24, 2.45) is 5.92 Å². The normalized spacial score (nSPS) is 19.1. The van der Waals surface area contributed by atoms with Gasteiger partial charge in [0.2, 0.25) is 17.2 Å². The predicted octanol–water partition coefficient (Wildman–Crippen LogP) is 1.10. The van der Waals surface area contributed by atoms with E-state index in [2.05, 4.69) is 31.9 Å². The number of hydrogen-bond acceptors (Lipinski definition) is 6. The van der Waals surface area contributed by atoms with Crippen molar-refractivity contribution in [2.45, 2.75) is 6.42 Å². The zero-order chi connectivity index (χ0) is 14.8. The molecule has 3 rings (SSSR count). The van der Waals surface area contributed by atoms with E-state index in [0.29, 0.717) is 17.8 Å². The Hall–Kier alpha value is -1.73. The van der Waals surface area contributed by atoms with E-state index >= 15 is 0 Å². The van der Waals surface area contributed by atoms with Crippen LogP contribution in [0.3, 0.4) is 0 Å². The molecule has 1 fully saturated rings. The fourth-order valence-electron chi connectivity index (χ4n) is 2.64. The summed E-state index contributed by atoms with van der Waals surface area (Å²) in [6, 6.07) is 0. The molecule has 1 aliphatic heterocycles. The molecular weight excluding hydrogens is 290 g/mol. The summed E-state index contributed by atoms with van der Waals surface area (Å²) in [5.74, 6) is 1.71. The van der Waals surface area contributed by atoms with E-state index in [-0.39, 0.29) is 5.28 Å². The fourth-order valence-corrected chi connectivity index (χ4v) is 2.79. The minimum atomic E-state index is 0.194. The smallest absolute Gasteiger partial charge is 0.241 e. The van der Waals surface area contributed by atoms with Crippen molar-refractivity contribution in [3.63, 3.8) is 0 Å². The van der Waals surface area contributed by atoms with E-state index in [4.69, 9.17) is 11.6 Å². The molecule has 1 saturated heterocycles. The molecule has 2 aromatic heterocycles. The van der Waals surface area contributed by atoms with Gasteiger partial charge in [-0.2, -0.15) is 15.0 Å². The van der Waals surface area contributed by atoms with Gasteiger partial charge >= 0.3 is 0 Å². The third-order valence-corrected chi connectivity index (χ3v) is 3.85. The van der Waals surface area contributed by atoms with Gasteiger partial charge in [0.05, 0.1) is 0 Å². The van der Waals surface area contributed by atoms with Crippen LogP contribution < -0.4 is 4.90 Å². The lowest BCUT2D eigenvalue weighted by molar-refractivity contribution is 0.395. The Morgan fingerprint density at radius 1 is 1.38 bits per heavy atom. The van der Waals surface area contributed by atoms with Gasteiger partial charge in [-0.3, -0.25) is 4.57 Å². The molecule has 0 radical (unpaired) electrons. The molecule has 1 unspecified atom stereocenters. The van der Waals surface area contributed by atoms with Crippen LogP contribution >= 0.6 is 11.6 Å². The van der Waals surface area contributed by atoms with Crippen LogP contribution in [0.5, 0.6) is 0 Å². The average Bonchev–Trinajstić information content (AvgIpc) is 3.10. The molecular formula is C13H18ClN7. The van der Waals surface area contributed by atoms with Crippen LogP contribution in [0.25, 0.3) is 5.95 Å². The second-order valence-corrected chi connectivity index (χ2v) is 5.81. The number of anilines is 1. The third kappa shape index (κ3) is 3.30. The zero-order valence-corrected chi connectivity index (χ0v) is 12.9. The van der Waals surface area contributed by atoms with Gasteiger partial charge in [0.1, 0.15) is 6.33 Å². The first-order valence-corrected chi connectivity index (χ1v) is 7.29. The first-order valence-electron chi connectivity index (χ1n) is 6.91. The minimum absolute atomic E-state index is 0.194. The number of aromatic nitrogens is 5. The summed E-state index contributed by atoms with van der Waals surface area (Å²) in [4.78, 5) is 21.2. The molecule has 2 aromatic rings. The Kier molecular flexibility index (Phi) is 4.03. The number of nitrogens with zero attached hydrogens (tertiary/aromatic N) is 7.